The van der Waals surface area contributed by atoms with Gasteiger partial charge in [0.25, 0.3) is 5.56 Å². The molecule has 2 heterocycles. The molecule has 1 aliphatic heterocycles. The maximum atomic E-state index is 13.6. The van der Waals surface area contributed by atoms with Gasteiger partial charge in [-0.15, -0.1) is 0 Å². The number of carbonyl (C=O) groups is 1. The van der Waals surface area contributed by atoms with Crippen LogP contribution in [0.25, 0.3) is 15.6 Å². The summed E-state index contributed by atoms with van der Waals surface area (Å²) in [6.07, 6.45) is 0.617. The molecule has 1 fully saturated rings. The Kier molecular flexibility index (Phi) is 5.91. The third-order valence-corrected chi connectivity index (χ3v) is 5.83. The number of aromatic amines is 1. The smallest absolute Gasteiger partial charge is 0.256 e. The fourth-order valence-corrected chi connectivity index (χ4v) is 4.14. The molecule has 0 radical (unpaired) electrons. The van der Waals surface area contributed by atoms with Crippen LogP contribution >= 0.6 is 0 Å². The maximum absolute atomic E-state index is 13.6. The molecule has 0 spiro atoms. The molecule has 1 aliphatic rings. The van der Waals surface area contributed by atoms with Gasteiger partial charge in [0.05, 0.1) is 12.0 Å². The van der Waals surface area contributed by atoms with Crippen LogP contribution in [0.3, 0.4) is 0 Å². The number of fused-ring (bicyclic) bond motifs is 1. The summed E-state index contributed by atoms with van der Waals surface area (Å²) in [7, 11) is 0. The maximum Gasteiger partial charge on any atom is 0.256 e. The number of nitrogens with zero attached hydrogens (tertiary/aromatic N) is 3. The SMILES string of the molecule is [C-]#[N+]c1cc(F)ccc1N1CCN(C(=O)CCc2cc3c(C)cc(F)cc3c(=O)[nH]2)CC1. The molecule has 1 amide bonds. The van der Waals surface area contributed by atoms with Crippen molar-refractivity contribution >= 4 is 28.1 Å². The van der Waals surface area contributed by atoms with Crippen LogP contribution in [0.1, 0.15) is 17.7 Å². The second-order valence-electron chi connectivity index (χ2n) is 7.92. The minimum atomic E-state index is -0.452. The highest BCUT2D eigenvalue weighted by molar-refractivity contribution is 5.85. The van der Waals surface area contributed by atoms with E-state index < -0.39 is 11.6 Å². The van der Waals surface area contributed by atoms with E-state index in [4.69, 9.17) is 6.57 Å². The van der Waals surface area contributed by atoms with Gasteiger partial charge in [0.1, 0.15) is 11.6 Å². The molecule has 0 atom stereocenters. The number of halogens is 2. The average molecular weight is 436 g/mol. The third kappa shape index (κ3) is 4.33. The number of aromatic nitrogens is 1. The van der Waals surface area contributed by atoms with Crippen LogP contribution in [-0.4, -0.2) is 42.0 Å². The van der Waals surface area contributed by atoms with Gasteiger partial charge < -0.3 is 14.8 Å². The first-order valence-electron chi connectivity index (χ1n) is 10.4. The molecule has 3 aromatic rings. The summed E-state index contributed by atoms with van der Waals surface area (Å²) < 4.78 is 27.0. The number of H-pyrrole nitrogens is 1. The van der Waals surface area contributed by atoms with Crippen molar-refractivity contribution in [3.05, 3.63) is 81.1 Å². The lowest BCUT2D eigenvalue weighted by molar-refractivity contribution is -0.131. The van der Waals surface area contributed by atoms with E-state index in [1.54, 1.807) is 24.0 Å². The number of carbonyl (C=O) groups excluding carboxylic acids is 1. The first kappa shape index (κ1) is 21.5. The molecule has 1 aromatic heterocycles. The summed E-state index contributed by atoms with van der Waals surface area (Å²) in [5.74, 6) is -0.918. The lowest BCUT2D eigenvalue weighted by Gasteiger charge is -2.36. The van der Waals surface area contributed by atoms with Crippen molar-refractivity contribution < 1.29 is 13.6 Å². The van der Waals surface area contributed by atoms with Crippen LogP contribution < -0.4 is 10.5 Å². The first-order chi connectivity index (χ1) is 15.4. The zero-order valence-corrected chi connectivity index (χ0v) is 17.6. The number of anilines is 1. The molecule has 32 heavy (non-hydrogen) atoms. The zero-order chi connectivity index (χ0) is 22.8. The molecule has 6 nitrogen and oxygen atoms in total. The fourth-order valence-electron chi connectivity index (χ4n) is 4.14. The molecule has 0 saturated carbocycles. The Morgan fingerprint density at radius 2 is 1.81 bits per heavy atom. The average Bonchev–Trinajstić information content (AvgIpc) is 2.78. The highest BCUT2D eigenvalue weighted by Crippen LogP contribution is 2.30. The van der Waals surface area contributed by atoms with Crippen LogP contribution in [0.2, 0.25) is 0 Å². The Hall–Kier alpha value is -3.73. The van der Waals surface area contributed by atoms with E-state index in [1.165, 1.54) is 24.3 Å². The summed E-state index contributed by atoms with van der Waals surface area (Å²) in [5.41, 5.74) is 1.89. The summed E-state index contributed by atoms with van der Waals surface area (Å²) in [6.45, 7) is 11.1. The van der Waals surface area contributed by atoms with Crippen LogP contribution in [0.4, 0.5) is 20.2 Å². The molecular formula is C24H22F2N4O2. The number of rotatable bonds is 4. The van der Waals surface area contributed by atoms with Crippen LogP contribution in [0, 0.1) is 25.1 Å². The second kappa shape index (κ2) is 8.79. The number of benzene rings is 2. The Labute approximate surface area is 183 Å². The summed E-state index contributed by atoms with van der Waals surface area (Å²) in [4.78, 5) is 34.9. The van der Waals surface area contributed by atoms with Gasteiger partial charge in [0.15, 0.2) is 0 Å². The van der Waals surface area contributed by atoms with Gasteiger partial charge in [-0.1, -0.05) is 0 Å². The van der Waals surface area contributed by atoms with Gasteiger partial charge in [-0.3, -0.25) is 9.59 Å². The molecule has 4 rings (SSSR count). The molecule has 8 heteroatoms. The van der Waals surface area contributed by atoms with Crippen LogP contribution in [0.5, 0.6) is 0 Å². The summed E-state index contributed by atoms with van der Waals surface area (Å²) in [6, 6.07) is 8.57. The van der Waals surface area contributed by atoms with E-state index in [9.17, 15) is 18.4 Å². The lowest BCUT2D eigenvalue weighted by Crippen LogP contribution is -2.48. The van der Waals surface area contributed by atoms with Crippen molar-refractivity contribution in [1.82, 2.24) is 9.88 Å². The summed E-state index contributed by atoms with van der Waals surface area (Å²) in [5, 5.41) is 0.981. The van der Waals surface area contributed by atoms with E-state index in [1.807, 2.05) is 4.90 Å². The fraction of sp³-hybridized carbons (Fsp3) is 0.292. The van der Waals surface area contributed by atoms with Crippen molar-refractivity contribution in [1.29, 1.82) is 0 Å². The lowest BCUT2D eigenvalue weighted by atomic mass is 10.0. The Balaban J connectivity index is 1.39. The van der Waals surface area contributed by atoms with Crippen LogP contribution in [0.15, 0.2) is 41.2 Å². The minimum Gasteiger partial charge on any atom is -0.377 e. The quantitative estimate of drug-likeness (QED) is 0.630. The van der Waals surface area contributed by atoms with E-state index in [0.29, 0.717) is 60.3 Å². The number of nitrogens with one attached hydrogen (secondary N) is 1. The van der Waals surface area contributed by atoms with Crippen molar-refractivity contribution in [2.45, 2.75) is 19.8 Å². The van der Waals surface area contributed by atoms with Crippen molar-refractivity contribution in [3.63, 3.8) is 0 Å². The monoisotopic (exact) mass is 436 g/mol. The van der Waals surface area contributed by atoms with Gasteiger partial charge in [-0.05, 0) is 60.7 Å². The van der Waals surface area contributed by atoms with Crippen molar-refractivity contribution in [2.24, 2.45) is 0 Å². The Morgan fingerprint density at radius 3 is 2.53 bits per heavy atom. The largest absolute Gasteiger partial charge is 0.377 e. The van der Waals surface area contributed by atoms with E-state index in [-0.39, 0.29) is 23.6 Å². The minimum absolute atomic E-state index is 0.0223. The van der Waals surface area contributed by atoms with Gasteiger partial charge in [-0.25, -0.2) is 13.6 Å². The van der Waals surface area contributed by atoms with E-state index in [0.717, 1.165) is 0 Å². The molecule has 0 aliphatic carbocycles. The number of amides is 1. The van der Waals surface area contributed by atoms with E-state index in [2.05, 4.69) is 9.83 Å². The van der Waals surface area contributed by atoms with Gasteiger partial charge in [0.2, 0.25) is 11.6 Å². The molecule has 2 aromatic carbocycles. The molecule has 164 valence electrons. The first-order valence-corrected chi connectivity index (χ1v) is 10.4. The predicted molar refractivity (Wildman–Crippen MR) is 119 cm³/mol. The second-order valence-corrected chi connectivity index (χ2v) is 7.92. The predicted octanol–water partition coefficient (Wildman–Crippen LogP) is 3.95. The molecule has 0 unspecified atom stereocenters. The molecule has 1 saturated heterocycles. The number of hydrogen-bond donors (Lipinski definition) is 1. The molecule has 0 bridgehead atoms. The third-order valence-electron chi connectivity index (χ3n) is 5.83. The van der Waals surface area contributed by atoms with Gasteiger partial charge >= 0.3 is 0 Å². The Morgan fingerprint density at radius 1 is 1.06 bits per heavy atom. The summed E-state index contributed by atoms with van der Waals surface area (Å²) >= 11 is 0. The number of piperazine rings is 1. The molecule has 1 N–H and O–H groups in total. The highest BCUT2D eigenvalue weighted by atomic mass is 19.1. The zero-order valence-electron chi connectivity index (χ0n) is 17.6. The van der Waals surface area contributed by atoms with Gasteiger partial charge in [-0.2, -0.15) is 0 Å². The normalized spacial score (nSPS) is 13.9. The highest BCUT2D eigenvalue weighted by Gasteiger charge is 2.23. The topological polar surface area (TPSA) is 60.8 Å². The Bertz CT molecular complexity index is 1290. The number of aryl methyl sites for hydroxylation is 2. The van der Waals surface area contributed by atoms with Crippen molar-refractivity contribution in [3.8, 4) is 0 Å². The standard InChI is InChI=1S/C24H22F2N4O2/c1-15-11-17(26)12-20-19(15)14-18(28-24(20)32)4-6-23(31)30-9-7-29(8-10-30)22-5-3-16(25)13-21(22)27-2/h3,5,11-14H,4,6-10H2,1H3,(H,28,32). The number of pyridine rings is 1. The molecular weight excluding hydrogens is 414 g/mol. The van der Waals surface area contributed by atoms with E-state index >= 15 is 0 Å². The van der Waals surface area contributed by atoms with Gasteiger partial charge in [0, 0.05) is 44.0 Å². The number of hydrogen-bond acceptors (Lipinski definition) is 3. The van der Waals surface area contributed by atoms with Crippen LogP contribution in [-0.2, 0) is 11.2 Å². The van der Waals surface area contributed by atoms with Crippen molar-refractivity contribution in [2.75, 3.05) is 31.1 Å².